The third-order valence-electron chi connectivity index (χ3n) is 5.12. The first kappa shape index (κ1) is 20.5. The van der Waals surface area contributed by atoms with Gasteiger partial charge in [-0.25, -0.2) is 14.2 Å². The van der Waals surface area contributed by atoms with Crippen LogP contribution in [0.15, 0.2) is 33.0 Å². The van der Waals surface area contributed by atoms with Crippen LogP contribution < -0.4 is 21.7 Å². The predicted molar refractivity (Wildman–Crippen MR) is 115 cm³/mol. The van der Waals surface area contributed by atoms with Crippen LogP contribution in [0.1, 0.15) is 35.9 Å². The number of aromatic hydroxyl groups is 1. The number of aromatic nitrogens is 5. The summed E-state index contributed by atoms with van der Waals surface area (Å²) in [6.07, 6.45) is 7.67. The Hall–Kier alpha value is -3.41. The Morgan fingerprint density at radius 1 is 1.44 bits per heavy atom. The molecule has 32 heavy (non-hydrogen) atoms. The quantitative estimate of drug-likeness (QED) is 0.417. The normalized spacial score (nSPS) is 19.7. The third-order valence-corrected chi connectivity index (χ3v) is 6.44. The van der Waals surface area contributed by atoms with Gasteiger partial charge in [-0.15, -0.1) is 11.8 Å². The van der Waals surface area contributed by atoms with Gasteiger partial charge < -0.3 is 15.4 Å². The van der Waals surface area contributed by atoms with E-state index in [1.165, 1.54) is 11.8 Å². The second kappa shape index (κ2) is 8.26. The van der Waals surface area contributed by atoms with Crippen LogP contribution >= 0.6 is 11.8 Å². The van der Waals surface area contributed by atoms with Gasteiger partial charge in [-0.3, -0.25) is 14.8 Å². The molecule has 1 amide bonds. The van der Waals surface area contributed by atoms with E-state index in [1.807, 2.05) is 12.1 Å². The molecule has 3 aromatic rings. The number of halogens is 1. The summed E-state index contributed by atoms with van der Waals surface area (Å²) in [7, 11) is 0. The molecule has 1 unspecified atom stereocenters. The molecule has 0 aromatic carbocycles. The number of imidazole rings is 1. The molecule has 12 heteroatoms. The summed E-state index contributed by atoms with van der Waals surface area (Å²) in [4.78, 5) is 38.5. The van der Waals surface area contributed by atoms with Crippen molar-refractivity contribution in [2.45, 2.75) is 30.6 Å². The fourth-order valence-electron chi connectivity index (χ4n) is 3.42. The van der Waals surface area contributed by atoms with E-state index in [0.29, 0.717) is 27.7 Å². The minimum atomic E-state index is -0.611. The predicted octanol–water partition coefficient (Wildman–Crippen LogP) is 0.210. The van der Waals surface area contributed by atoms with Crippen LogP contribution in [0.5, 0.6) is 5.88 Å². The zero-order valence-electron chi connectivity index (χ0n) is 16.8. The highest BCUT2D eigenvalue weighted by atomic mass is 32.2. The molecule has 2 aliphatic rings. The van der Waals surface area contributed by atoms with Gasteiger partial charge in [0.2, 0.25) is 5.88 Å². The maximum atomic E-state index is 12.4. The molecule has 4 heterocycles. The summed E-state index contributed by atoms with van der Waals surface area (Å²) >= 11 is 1.38. The highest BCUT2D eigenvalue weighted by molar-refractivity contribution is 8.04. The number of hydrogen-bond acceptors (Lipinski definition) is 7. The molecule has 0 spiro atoms. The number of nitrogens with zero attached hydrogens (tertiary/aromatic N) is 4. The summed E-state index contributed by atoms with van der Waals surface area (Å²) in [6.45, 7) is -0.626. The second-order valence-electron chi connectivity index (χ2n) is 7.58. The minimum Gasteiger partial charge on any atom is -0.493 e. The number of hydrogen-bond donors (Lipinski definition) is 4. The topological polar surface area (TPSA) is 141 Å². The summed E-state index contributed by atoms with van der Waals surface area (Å²) < 4.78 is 14.0. The maximum absolute atomic E-state index is 12.4. The van der Waals surface area contributed by atoms with E-state index in [-0.39, 0.29) is 35.3 Å². The lowest BCUT2D eigenvalue weighted by molar-refractivity contribution is -0.116. The van der Waals surface area contributed by atoms with Gasteiger partial charge in [-0.05, 0) is 25.3 Å². The molecule has 1 atom stereocenters. The smallest absolute Gasteiger partial charge is 0.326 e. The van der Waals surface area contributed by atoms with Crippen molar-refractivity contribution in [3.05, 3.63) is 55.8 Å². The van der Waals surface area contributed by atoms with E-state index in [2.05, 4.69) is 20.4 Å². The minimum absolute atomic E-state index is 0.0147. The van der Waals surface area contributed by atoms with Gasteiger partial charge in [-0.1, -0.05) is 6.08 Å². The first-order valence-electron chi connectivity index (χ1n) is 10.2. The number of rotatable bonds is 6. The lowest BCUT2D eigenvalue weighted by Crippen LogP contribution is -2.25. The van der Waals surface area contributed by atoms with Gasteiger partial charge in [0.1, 0.15) is 12.4 Å². The molecule has 1 aliphatic carbocycles. The van der Waals surface area contributed by atoms with Crippen molar-refractivity contribution < 1.29 is 14.3 Å². The van der Waals surface area contributed by atoms with Gasteiger partial charge in [0.05, 0.1) is 28.1 Å². The van der Waals surface area contributed by atoms with Crippen LogP contribution in [0.25, 0.3) is 11.7 Å². The van der Waals surface area contributed by atoms with Crippen LogP contribution in [0.4, 0.5) is 4.39 Å². The number of fused-ring (bicyclic) bond motifs is 1. The number of alkyl halides is 1. The number of carbonyl (C=O) groups excluding carboxylic acids is 1. The van der Waals surface area contributed by atoms with Gasteiger partial charge >= 0.3 is 5.69 Å². The van der Waals surface area contributed by atoms with E-state index < -0.39 is 12.4 Å². The summed E-state index contributed by atoms with van der Waals surface area (Å²) in [6, 6.07) is 2.14. The van der Waals surface area contributed by atoms with Crippen LogP contribution in [0, 0.1) is 0 Å². The molecular weight excluding hydrogens is 437 g/mol. The van der Waals surface area contributed by atoms with Crippen molar-refractivity contribution in [3.63, 3.8) is 0 Å². The molecule has 5 rings (SSSR count). The Kier molecular flexibility index (Phi) is 5.29. The number of H-pyrrole nitrogens is 2. The highest BCUT2D eigenvalue weighted by Gasteiger charge is 2.26. The molecule has 0 radical (unpaired) electrons. The van der Waals surface area contributed by atoms with Crippen molar-refractivity contribution in [1.82, 2.24) is 29.9 Å². The van der Waals surface area contributed by atoms with Crippen LogP contribution in [0.3, 0.4) is 0 Å². The first-order chi connectivity index (χ1) is 15.5. The average Bonchev–Trinajstić information content (AvgIpc) is 3.16. The van der Waals surface area contributed by atoms with E-state index >= 15 is 0 Å². The first-order valence-corrected chi connectivity index (χ1v) is 11.1. The van der Waals surface area contributed by atoms with Gasteiger partial charge in [0.25, 0.3) is 5.91 Å². The molecular formula is C20H20FN7O3S. The Bertz CT molecular complexity index is 1400. The maximum Gasteiger partial charge on any atom is 0.326 e. The Morgan fingerprint density at radius 3 is 3.00 bits per heavy atom. The van der Waals surface area contributed by atoms with Crippen molar-refractivity contribution in [2.75, 3.05) is 13.2 Å². The Labute approximate surface area is 184 Å². The van der Waals surface area contributed by atoms with Gasteiger partial charge in [0, 0.05) is 17.8 Å². The molecule has 0 bridgehead atoms. The number of amides is 1. The number of nitrogens with one attached hydrogen (secondary N) is 3. The van der Waals surface area contributed by atoms with Gasteiger partial charge in [0.15, 0.2) is 11.1 Å². The SMILES string of the molecule is O=C(NCCF)C1=CCC(c2cc(=NC3CC3)n3ncc(=Cc4[nH]c(=O)[nH]c4O)c3n2)S1. The molecule has 4 N–H and O–H groups in total. The van der Waals surface area contributed by atoms with Crippen LogP contribution in [-0.4, -0.2) is 54.8 Å². The molecule has 1 fully saturated rings. The lowest BCUT2D eigenvalue weighted by Gasteiger charge is -2.10. The van der Waals surface area contributed by atoms with E-state index in [1.54, 1.807) is 16.8 Å². The van der Waals surface area contributed by atoms with Crippen LogP contribution in [-0.2, 0) is 4.79 Å². The fraction of sp³-hybridized carbons (Fsp3) is 0.350. The van der Waals surface area contributed by atoms with Crippen molar-refractivity contribution in [3.8, 4) is 5.88 Å². The van der Waals surface area contributed by atoms with E-state index in [9.17, 15) is 19.1 Å². The largest absolute Gasteiger partial charge is 0.493 e. The monoisotopic (exact) mass is 457 g/mol. The van der Waals surface area contributed by atoms with Gasteiger partial charge in [-0.2, -0.15) is 9.61 Å². The van der Waals surface area contributed by atoms with Crippen LogP contribution in [0.2, 0.25) is 0 Å². The van der Waals surface area contributed by atoms with E-state index in [4.69, 9.17) is 9.98 Å². The molecule has 10 nitrogen and oxygen atoms in total. The zero-order valence-corrected chi connectivity index (χ0v) is 17.7. The molecule has 3 aromatic heterocycles. The summed E-state index contributed by atoms with van der Waals surface area (Å²) in [5.41, 5.74) is 1.64. The summed E-state index contributed by atoms with van der Waals surface area (Å²) in [5.74, 6) is -0.558. The summed E-state index contributed by atoms with van der Waals surface area (Å²) in [5, 5.41) is 17.3. The number of thioether (sulfide) groups is 1. The number of allylic oxidation sites excluding steroid dienone is 1. The zero-order chi connectivity index (χ0) is 22.2. The molecule has 0 saturated heterocycles. The number of aromatic amines is 2. The van der Waals surface area contributed by atoms with E-state index in [0.717, 1.165) is 18.5 Å². The second-order valence-corrected chi connectivity index (χ2v) is 8.82. The Balaban J connectivity index is 1.55. The third kappa shape index (κ3) is 4.05. The number of carbonyl (C=O) groups is 1. The highest BCUT2D eigenvalue weighted by Crippen LogP contribution is 2.42. The van der Waals surface area contributed by atoms with Crippen molar-refractivity contribution in [1.29, 1.82) is 0 Å². The fourth-order valence-corrected chi connectivity index (χ4v) is 4.53. The molecule has 166 valence electrons. The lowest BCUT2D eigenvalue weighted by atomic mass is 10.2. The van der Waals surface area contributed by atoms with Crippen molar-refractivity contribution in [2.24, 2.45) is 4.99 Å². The standard InChI is InChI=1S/C20H20FN7O3S/c21-5-6-22-19(30)15-4-3-14(32-15)12-8-16(24-11-1-2-11)28-17(25-12)10(9-23-28)7-13-18(29)27-20(31)26-13/h4,7-9,11,14,29H,1-3,5-6H2,(H,22,30)(H2,26,27,31). The van der Waals surface area contributed by atoms with Crippen molar-refractivity contribution >= 4 is 29.4 Å². The average molecular weight is 457 g/mol. The Morgan fingerprint density at radius 2 is 2.28 bits per heavy atom. The molecule has 1 saturated carbocycles. The molecule has 1 aliphatic heterocycles.